The van der Waals surface area contributed by atoms with E-state index in [0.29, 0.717) is 6.04 Å². The maximum absolute atomic E-state index is 4.39. The van der Waals surface area contributed by atoms with Crippen molar-refractivity contribution >= 4 is 28.2 Å². The minimum atomic E-state index is 0.610. The molecule has 3 nitrogen and oxygen atoms in total. The summed E-state index contributed by atoms with van der Waals surface area (Å²) in [4.78, 5) is 8.10. The molecule has 1 aromatic heterocycles. The van der Waals surface area contributed by atoms with Crippen molar-refractivity contribution in [3.05, 3.63) is 11.1 Å². The van der Waals surface area contributed by atoms with Gasteiger partial charge < -0.3 is 5.32 Å². The molecule has 0 aliphatic heterocycles. The standard InChI is InChI=1S/C12H23N3S2/c1-5-6-13-12-14-7-11(17-12)8-15(3)10(2)9-16-4/h7,10H,5-6,8-9H2,1-4H3,(H,13,14). The lowest BCUT2D eigenvalue weighted by Crippen LogP contribution is -2.30. The zero-order valence-electron chi connectivity index (χ0n) is 11.2. The fraction of sp³-hybridized carbons (Fsp3) is 0.750. The first-order valence-corrected chi connectivity index (χ1v) is 8.26. The van der Waals surface area contributed by atoms with Crippen molar-refractivity contribution < 1.29 is 0 Å². The molecule has 0 spiro atoms. The molecule has 0 aromatic carbocycles. The molecule has 1 aromatic rings. The van der Waals surface area contributed by atoms with Crippen LogP contribution in [0.5, 0.6) is 0 Å². The Morgan fingerprint density at radius 2 is 2.35 bits per heavy atom. The summed E-state index contributed by atoms with van der Waals surface area (Å²) in [6, 6.07) is 0.610. The predicted octanol–water partition coefficient (Wildman–Crippen LogP) is 3.15. The Hall–Kier alpha value is -0.260. The highest BCUT2D eigenvalue weighted by Gasteiger charge is 2.10. The normalized spacial score (nSPS) is 13.0. The molecule has 5 heteroatoms. The van der Waals surface area contributed by atoms with Crippen molar-refractivity contribution in [3.63, 3.8) is 0 Å². The minimum absolute atomic E-state index is 0.610. The van der Waals surface area contributed by atoms with Gasteiger partial charge >= 0.3 is 0 Å². The van der Waals surface area contributed by atoms with E-state index in [2.05, 4.69) is 42.4 Å². The Balaban J connectivity index is 2.42. The summed E-state index contributed by atoms with van der Waals surface area (Å²) in [5.74, 6) is 1.18. The van der Waals surface area contributed by atoms with Gasteiger partial charge in [0.05, 0.1) is 0 Å². The lowest BCUT2D eigenvalue weighted by molar-refractivity contribution is 0.272. The molecule has 0 bridgehead atoms. The molecule has 1 rings (SSSR count). The molecule has 17 heavy (non-hydrogen) atoms. The number of thioether (sulfide) groups is 1. The second-order valence-corrected chi connectivity index (χ2v) is 6.30. The number of hydrogen-bond donors (Lipinski definition) is 1. The number of aromatic nitrogens is 1. The van der Waals surface area contributed by atoms with Crippen LogP contribution in [-0.4, -0.2) is 41.5 Å². The van der Waals surface area contributed by atoms with Gasteiger partial charge in [-0.25, -0.2) is 4.98 Å². The first-order chi connectivity index (χ1) is 8.17. The second-order valence-electron chi connectivity index (χ2n) is 4.28. The topological polar surface area (TPSA) is 28.2 Å². The molecule has 0 fully saturated rings. The van der Waals surface area contributed by atoms with Crippen molar-refractivity contribution in [3.8, 4) is 0 Å². The number of rotatable bonds is 8. The average molecular weight is 273 g/mol. The van der Waals surface area contributed by atoms with Gasteiger partial charge in [0.2, 0.25) is 0 Å². The molecule has 98 valence electrons. The minimum Gasteiger partial charge on any atom is -0.362 e. The van der Waals surface area contributed by atoms with Gasteiger partial charge in [0.1, 0.15) is 0 Å². The number of nitrogens with zero attached hydrogens (tertiary/aromatic N) is 2. The fourth-order valence-electron chi connectivity index (χ4n) is 1.46. The van der Waals surface area contributed by atoms with Gasteiger partial charge in [-0.05, 0) is 26.6 Å². The Morgan fingerprint density at radius 1 is 1.59 bits per heavy atom. The summed E-state index contributed by atoms with van der Waals surface area (Å²) in [5.41, 5.74) is 0. The van der Waals surface area contributed by atoms with Crippen molar-refractivity contribution in [1.82, 2.24) is 9.88 Å². The SMILES string of the molecule is CCCNc1ncc(CN(C)C(C)CSC)s1. The van der Waals surface area contributed by atoms with Crippen LogP contribution in [0.3, 0.4) is 0 Å². The van der Waals surface area contributed by atoms with E-state index in [0.717, 1.165) is 24.6 Å². The van der Waals surface area contributed by atoms with Gasteiger partial charge in [0.15, 0.2) is 5.13 Å². The van der Waals surface area contributed by atoms with Crippen LogP contribution >= 0.6 is 23.1 Å². The molecule has 1 N–H and O–H groups in total. The van der Waals surface area contributed by atoms with E-state index in [9.17, 15) is 0 Å². The van der Waals surface area contributed by atoms with Gasteiger partial charge in [-0.3, -0.25) is 4.90 Å². The van der Waals surface area contributed by atoms with E-state index in [1.165, 1.54) is 10.6 Å². The lowest BCUT2D eigenvalue weighted by atomic mass is 10.3. The summed E-state index contributed by atoms with van der Waals surface area (Å²) in [6.07, 6.45) is 5.29. The number of thiazole rings is 1. The van der Waals surface area contributed by atoms with Gasteiger partial charge in [-0.15, -0.1) is 11.3 Å². The van der Waals surface area contributed by atoms with Gasteiger partial charge in [-0.2, -0.15) is 11.8 Å². The zero-order valence-corrected chi connectivity index (χ0v) is 12.8. The van der Waals surface area contributed by atoms with E-state index < -0.39 is 0 Å². The van der Waals surface area contributed by atoms with Crippen LogP contribution < -0.4 is 5.32 Å². The average Bonchev–Trinajstić information content (AvgIpc) is 2.74. The van der Waals surface area contributed by atoms with Crippen LogP contribution in [0, 0.1) is 0 Å². The maximum Gasteiger partial charge on any atom is 0.182 e. The summed E-state index contributed by atoms with van der Waals surface area (Å²) in [7, 11) is 2.18. The lowest BCUT2D eigenvalue weighted by Gasteiger charge is -2.22. The Labute approximate surface area is 113 Å². The Bertz CT molecular complexity index is 314. The molecule has 0 amide bonds. The van der Waals surface area contributed by atoms with Crippen LogP contribution in [0.25, 0.3) is 0 Å². The highest BCUT2D eigenvalue weighted by molar-refractivity contribution is 7.98. The van der Waals surface area contributed by atoms with Crippen molar-refractivity contribution in [2.45, 2.75) is 32.9 Å². The van der Waals surface area contributed by atoms with Crippen LogP contribution in [0.1, 0.15) is 25.1 Å². The largest absolute Gasteiger partial charge is 0.362 e. The molecule has 1 unspecified atom stereocenters. The molecule has 1 heterocycles. The van der Waals surface area contributed by atoms with E-state index in [1.54, 1.807) is 11.3 Å². The molecule has 0 saturated carbocycles. The number of anilines is 1. The summed E-state index contributed by atoms with van der Waals surface area (Å²) in [6.45, 7) is 6.44. The van der Waals surface area contributed by atoms with Crippen molar-refractivity contribution in [2.24, 2.45) is 0 Å². The third-order valence-corrected chi connectivity index (χ3v) is 4.40. The first kappa shape index (κ1) is 14.8. The monoisotopic (exact) mass is 273 g/mol. The first-order valence-electron chi connectivity index (χ1n) is 6.05. The van der Waals surface area contributed by atoms with Crippen molar-refractivity contribution in [2.75, 3.05) is 30.9 Å². The van der Waals surface area contributed by atoms with Gasteiger partial charge in [-0.1, -0.05) is 6.92 Å². The molecule has 1 atom stereocenters. The fourth-order valence-corrected chi connectivity index (χ4v) is 3.10. The van der Waals surface area contributed by atoms with Gasteiger partial charge in [0, 0.05) is 36.0 Å². The highest BCUT2D eigenvalue weighted by Crippen LogP contribution is 2.20. The maximum atomic E-state index is 4.39. The van der Waals surface area contributed by atoms with Crippen LogP contribution in [0.4, 0.5) is 5.13 Å². The van der Waals surface area contributed by atoms with Crippen LogP contribution in [-0.2, 0) is 6.54 Å². The van der Waals surface area contributed by atoms with E-state index in [4.69, 9.17) is 0 Å². The van der Waals surface area contributed by atoms with Crippen LogP contribution in [0.2, 0.25) is 0 Å². The predicted molar refractivity (Wildman–Crippen MR) is 80.2 cm³/mol. The third kappa shape index (κ3) is 5.27. The molecule has 0 aliphatic carbocycles. The summed E-state index contributed by atoms with van der Waals surface area (Å²) >= 11 is 3.66. The Kier molecular flexibility index (Phi) is 6.92. The number of hydrogen-bond acceptors (Lipinski definition) is 5. The smallest absolute Gasteiger partial charge is 0.182 e. The summed E-state index contributed by atoms with van der Waals surface area (Å²) in [5, 5.41) is 4.38. The molecular weight excluding hydrogens is 250 g/mol. The van der Waals surface area contributed by atoms with Gasteiger partial charge in [0.25, 0.3) is 0 Å². The van der Waals surface area contributed by atoms with E-state index in [-0.39, 0.29) is 0 Å². The molecule has 0 saturated heterocycles. The quantitative estimate of drug-likeness (QED) is 0.787. The molecular formula is C12H23N3S2. The molecule has 0 radical (unpaired) electrons. The van der Waals surface area contributed by atoms with Crippen molar-refractivity contribution in [1.29, 1.82) is 0 Å². The highest BCUT2D eigenvalue weighted by atomic mass is 32.2. The van der Waals surface area contributed by atoms with Crippen LogP contribution in [0.15, 0.2) is 6.20 Å². The van der Waals surface area contributed by atoms with E-state index >= 15 is 0 Å². The zero-order chi connectivity index (χ0) is 12.7. The third-order valence-electron chi connectivity index (χ3n) is 2.65. The Morgan fingerprint density at radius 3 is 3.00 bits per heavy atom. The summed E-state index contributed by atoms with van der Waals surface area (Å²) < 4.78 is 0. The van der Waals surface area contributed by atoms with E-state index in [1.807, 2.05) is 18.0 Å². The number of nitrogens with one attached hydrogen (secondary N) is 1. The molecule has 0 aliphatic rings. The second kappa shape index (κ2) is 7.95.